The summed E-state index contributed by atoms with van der Waals surface area (Å²) in [7, 11) is 0. The Morgan fingerprint density at radius 1 is 0.850 bits per heavy atom. The Hall–Kier alpha value is -0.590. The molecule has 2 aliphatic carbocycles. The first-order chi connectivity index (χ1) is 9.83. The summed E-state index contributed by atoms with van der Waals surface area (Å²) in [5, 5.41) is 0. The molecular formula is C19H32O. The summed E-state index contributed by atoms with van der Waals surface area (Å²) < 4.78 is 0. The first-order valence-electron chi connectivity index (χ1n) is 8.93. The molecular weight excluding hydrogens is 244 g/mol. The topological polar surface area (TPSA) is 17.1 Å². The molecule has 2 fully saturated rings. The van der Waals surface area contributed by atoms with E-state index in [-0.39, 0.29) is 0 Å². The quantitative estimate of drug-likeness (QED) is 0.459. The molecule has 0 aliphatic heterocycles. The average Bonchev–Trinajstić information content (AvgIpc) is 2.52. The van der Waals surface area contributed by atoms with E-state index >= 15 is 0 Å². The third kappa shape index (κ3) is 4.75. The van der Waals surface area contributed by atoms with Crippen molar-refractivity contribution < 1.29 is 4.79 Å². The summed E-state index contributed by atoms with van der Waals surface area (Å²) in [6.07, 6.45) is 20.2. The Balaban J connectivity index is 1.64. The molecule has 0 aromatic heterocycles. The van der Waals surface area contributed by atoms with Crippen LogP contribution >= 0.6 is 0 Å². The molecule has 0 bridgehead atoms. The maximum Gasteiger partial charge on any atom is 0.142 e. The van der Waals surface area contributed by atoms with Crippen molar-refractivity contribution in [3.05, 3.63) is 12.2 Å². The van der Waals surface area contributed by atoms with Gasteiger partial charge in [-0.1, -0.05) is 45.1 Å². The molecule has 0 atom stereocenters. The van der Waals surface area contributed by atoms with Gasteiger partial charge < -0.3 is 0 Å². The van der Waals surface area contributed by atoms with E-state index < -0.39 is 0 Å². The minimum Gasteiger partial charge on any atom is -0.299 e. The van der Waals surface area contributed by atoms with Crippen LogP contribution in [0.2, 0.25) is 0 Å². The maximum absolute atomic E-state index is 10.2. The number of hydrogen-bond acceptors (Lipinski definition) is 1. The fourth-order valence-corrected chi connectivity index (χ4v) is 4.50. The fourth-order valence-electron chi connectivity index (χ4n) is 4.50. The number of allylic oxidation sites excluding steroid dienone is 2. The standard InChI is InChI=1S/C19H32O/c1-2-16-7-11-18(12-8-16)19-13-9-17(10-14-19)6-4-3-5-15-20/h3,5,15-19H,2,4,6-14H2,1H3/t16-,17-,18-,19-. The van der Waals surface area contributed by atoms with E-state index in [0.29, 0.717) is 0 Å². The van der Waals surface area contributed by atoms with E-state index in [4.69, 9.17) is 0 Å². The number of carbonyl (C=O) groups excluding carboxylic acids is 1. The van der Waals surface area contributed by atoms with Crippen LogP contribution in [0.4, 0.5) is 0 Å². The number of aldehydes is 1. The zero-order valence-electron chi connectivity index (χ0n) is 13.2. The number of carbonyl (C=O) groups is 1. The van der Waals surface area contributed by atoms with Crippen LogP contribution in [0.25, 0.3) is 0 Å². The molecule has 1 nitrogen and oxygen atoms in total. The predicted molar refractivity (Wildman–Crippen MR) is 85.6 cm³/mol. The van der Waals surface area contributed by atoms with Crippen molar-refractivity contribution in [2.24, 2.45) is 23.7 Å². The molecule has 0 unspecified atom stereocenters. The van der Waals surface area contributed by atoms with Gasteiger partial charge in [0.05, 0.1) is 0 Å². The largest absolute Gasteiger partial charge is 0.299 e. The molecule has 0 N–H and O–H groups in total. The molecule has 2 aliphatic rings. The molecule has 0 saturated heterocycles. The Kier molecular flexibility index (Phi) is 6.82. The van der Waals surface area contributed by atoms with Crippen LogP contribution in [0.5, 0.6) is 0 Å². The molecule has 2 saturated carbocycles. The smallest absolute Gasteiger partial charge is 0.142 e. The summed E-state index contributed by atoms with van der Waals surface area (Å²) in [6, 6.07) is 0. The van der Waals surface area contributed by atoms with Gasteiger partial charge in [-0.25, -0.2) is 0 Å². The van der Waals surface area contributed by atoms with Crippen LogP contribution in [0, 0.1) is 23.7 Å². The van der Waals surface area contributed by atoms with E-state index in [9.17, 15) is 4.79 Å². The van der Waals surface area contributed by atoms with Crippen LogP contribution in [-0.2, 0) is 4.79 Å². The summed E-state index contributed by atoms with van der Waals surface area (Å²) in [5.74, 6) is 4.05. The van der Waals surface area contributed by atoms with Crippen molar-refractivity contribution in [2.45, 2.75) is 77.6 Å². The summed E-state index contributed by atoms with van der Waals surface area (Å²) >= 11 is 0. The number of hydrogen-bond donors (Lipinski definition) is 0. The highest BCUT2D eigenvalue weighted by atomic mass is 16.1. The van der Waals surface area contributed by atoms with Crippen LogP contribution in [0.3, 0.4) is 0 Å². The van der Waals surface area contributed by atoms with Gasteiger partial charge in [0.25, 0.3) is 0 Å². The SMILES string of the molecule is CC[C@H]1CC[C@H]([C@H]2CC[C@H](CCC=CC=O)CC2)CC1. The van der Waals surface area contributed by atoms with Crippen molar-refractivity contribution in [3.63, 3.8) is 0 Å². The van der Waals surface area contributed by atoms with E-state index in [1.807, 2.05) is 6.08 Å². The Labute approximate surface area is 125 Å². The fraction of sp³-hybridized carbons (Fsp3) is 0.842. The molecule has 2 rings (SSSR count). The lowest BCUT2D eigenvalue weighted by Gasteiger charge is -2.37. The second-order valence-electron chi connectivity index (χ2n) is 7.11. The van der Waals surface area contributed by atoms with Gasteiger partial charge in [0, 0.05) is 0 Å². The summed E-state index contributed by atoms with van der Waals surface area (Å²) in [6.45, 7) is 2.36. The molecule has 0 heterocycles. The van der Waals surface area contributed by atoms with Gasteiger partial charge in [0.1, 0.15) is 6.29 Å². The van der Waals surface area contributed by atoms with Crippen molar-refractivity contribution >= 4 is 6.29 Å². The molecule has 1 heteroatoms. The van der Waals surface area contributed by atoms with Crippen molar-refractivity contribution in [3.8, 4) is 0 Å². The van der Waals surface area contributed by atoms with Gasteiger partial charge in [-0.3, -0.25) is 4.79 Å². The third-order valence-corrected chi connectivity index (χ3v) is 5.98. The second-order valence-corrected chi connectivity index (χ2v) is 7.11. The Bertz CT molecular complexity index is 291. The Morgan fingerprint density at radius 3 is 1.90 bits per heavy atom. The monoisotopic (exact) mass is 276 g/mol. The van der Waals surface area contributed by atoms with Crippen LogP contribution in [-0.4, -0.2) is 6.29 Å². The first-order valence-corrected chi connectivity index (χ1v) is 8.93. The highest BCUT2D eigenvalue weighted by Crippen LogP contribution is 2.42. The summed E-state index contributed by atoms with van der Waals surface area (Å²) in [4.78, 5) is 10.2. The zero-order valence-corrected chi connectivity index (χ0v) is 13.2. The lowest BCUT2D eigenvalue weighted by molar-refractivity contribution is -0.104. The van der Waals surface area contributed by atoms with Crippen molar-refractivity contribution in [1.82, 2.24) is 0 Å². The van der Waals surface area contributed by atoms with E-state index in [2.05, 4.69) is 6.92 Å². The van der Waals surface area contributed by atoms with Gasteiger partial charge >= 0.3 is 0 Å². The molecule has 114 valence electrons. The van der Waals surface area contributed by atoms with Crippen LogP contribution in [0.15, 0.2) is 12.2 Å². The zero-order chi connectivity index (χ0) is 14.2. The predicted octanol–water partition coefficient (Wildman–Crippen LogP) is 5.54. The van der Waals surface area contributed by atoms with Gasteiger partial charge in [-0.15, -0.1) is 0 Å². The van der Waals surface area contributed by atoms with E-state index in [0.717, 1.165) is 36.4 Å². The van der Waals surface area contributed by atoms with Crippen LogP contribution in [0.1, 0.15) is 77.6 Å². The highest BCUT2D eigenvalue weighted by Gasteiger charge is 2.30. The minimum absolute atomic E-state index is 0.892. The lowest BCUT2D eigenvalue weighted by atomic mass is 9.68. The van der Waals surface area contributed by atoms with Gasteiger partial charge in [0.15, 0.2) is 0 Å². The minimum atomic E-state index is 0.892. The highest BCUT2D eigenvalue weighted by molar-refractivity contribution is 5.64. The van der Waals surface area contributed by atoms with Crippen molar-refractivity contribution in [1.29, 1.82) is 0 Å². The molecule has 0 aromatic carbocycles. The van der Waals surface area contributed by atoms with E-state index in [1.54, 1.807) is 6.08 Å². The first kappa shape index (κ1) is 15.8. The maximum atomic E-state index is 10.2. The van der Waals surface area contributed by atoms with Gasteiger partial charge in [0.2, 0.25) is 0 Å². The molecule has 0 aromatic rings. The van der Waals surface area contributed by atoms with Crippen LogP contribution < -0.4 is 0 Å². The van der Waals surface area contributed by atoms with Gasteiger partial charge in [-0.2, -0.15) is 0 Å². The molecule has 20 heavy (non-hydrogen) atoms. The average molecular weight is 276 g/mol. The lowest BCUT2D eigenvalue weighted by Crippen LogP contribution is -2.25. The van der Waals surface area contributed by atoms with E-state index in [1.165, 1.54) is 64.2 Å². The van der Waals surface area contributed by atoms with Crippen molar-refractivity contribution in [2.75, 3.05) is 0 Å². The number of rotatable bonds is 6. The summed E-state index contributed by atoms with van der Waals surface area (Å²) in [5.41, 5.74) is 0. The third-order valence-electron chi connectivity index (χ3n) is 5.98. The normalized spacial score (nSPS) is 35.2. The molecule has 0 spiro atoms. The molecule has 0 amide bonds. The van der Waals surface area contributed by atoms with Gasteiger partial charge in [-0.05, 0) is 68.3 Å². The Morgan fingerprint density at radius 2 is 1.40 bits per heavy atom. The second kappa shape index (κ2) is 8.64. The molecule has 0 radical (unpaired) electrons.